The molecule has 4 nitrogen and oxygen atoms in total. The number of carbonyl (C=O) groups is 2. The molecule has 0 saturated heterocycles. The molecule has 0 radical (unpaired) electrons. The summed E-state index contributed by atoms with van der Waals surface area (Å²) in [7, 11) is 1.58. The molecular weight excluding hydrogens is 372 g/mol. The van der Waals surface area contributed by atoms with Crippen molar-refractivity contribution in [1.82, 2.24) is 0 Å². The molecule has 0 unspecified atom stereocenters. The Hall–Kier alpha value is -2.40. The van der Waals surface area contributed by atoms with Crippen molar-refractivity contribution in [2.24, 2.45) is 0 Å². The van der Waals surface area contributed by atoms with Crippen LogP contribution in [-0.2, 0) is 9.53 Å². The molecule has 2 rings (SSSR count). The number of rotatable bonds is 6. The molecule has 0 amide bonds. The number of hydrogen-bond acceptors (Lipinski definition) is 4. The lowest BCUT2D eigenvalue weighted by atomic mass is 10.1. The summed E-state index contributed by atoms with van der Waals surface area (Å²) >= 11 is 3.31. The topological polar surface area (TPSA) is 52.6 Å². The second-order valence-electron chi connectivity index (χ2n) is 5.06. The Kier molecular flexibility index (Phi) is 6.32. The van der Waals surface area contributed by atoms with Gasteiger partial charge in [0.1, 0.15) is 5.75 Å². The standard InChI is InChI=1S/C19H17BrO4/c1-13(19(22)15-7-9-16(20)10-8-15)24-18(21)11-6-14-4-3-5-17(12-14)23-2/h3-13H,1-2H3/b11-6+/t13-/m0/s1. The molecule has 0 aliphatic rings. The fourth-order valence-electron chi connectivity index (χ4n) is 2.03. The van der Waals surface area contributed by atoms with Gasteiger partial charge in [0.05, 0.1) is 7.11 Å². The number of methoxy groups -OCH3 is 1. The maximum Gasteiger partial charge on any atom is 0.331 e. The number of benzene rings is 2. The molecule has 0 bridgehead atoms. The molecule has 0 saturated carbocycles. The first kappa shape index (κ1) is 17.9. The Morgan fingerprint density at radius 3 is 2.50 bits per heavy atom. The van der Waals surface area contributed by atoms with E-state index in [0.717, 1.165) is 10.0 Å². The third kappa shape index (κ3) is 5.06. The molecule has 5 heteroatoms. The van der Waals surface area contributed by atoms with Crippen LogP contribution in [0.2, 0.25) is 0 Å². The number of ketones is 1. The van der Waals surface area contributed by atoms with Gasteiger partial charge >= 0.3 is 5.97 Å². The number of Topliss-reactive ketones (excluding diaryl/α,β-unsaturated/α-hetero) is 1. The lowest BCUT2D eigenvalue weighted by molar-refractivity contribution is -0.140. The molecule has 1 atom stereocenters. The highest BCUT2D eigenvalue weighted by molar-refractivity contribution is 9.10. The van der Waals surface area contributed by atoms with Crippen LogP contribution in [0, 0.1) is 0 Å². The van der Waals surface area contributed by atoms with E-state index < -0.39 is 12.1 Å². The number of ether oxygens (including phenoxy) is 2. The van der Waals surface area contributed by atoms with Gasteiger partial charge < -0.3 is 9.47 Å². The highest BCUT2D eigenvalue weighted by Gasteiger charge is 2.18. The molecule has 0 aliphatic carbocycles. The molecule has 0 aliphatic heterocycles. The van der Waals surface area contributed by atoms with Crippen LogP contribution in [0.1, 0.15) is 22.8 Å². The minimum atomic E-state index is -0.853. The summed E-state index contributed by atoms with van der Waals surface area (Å²) in [6, 6.07) is 14.2. The summed E-state index contributed by atoms with van der Waals surface area (Å²) in [5, 5.41) is 0. The van der Waals surface area contributed by atoms with Crippen LogP contribution < -0.4 is 4.74 Å². The van der Waals surface area contributed by atoms with Crippen molar-refractivity contribution in [3.63, 3.8) is 0 Å². The second-order valence-corrected chi connectivity index (χ2v) is 5.98. The van der Waals surface area contributed by atoms with Crippen LogP contribution in [0.5, 0.6) is 5.75 Å². The van der Waals surface area contributed by atoms with Crippen LogP contribution in [0.4, 0.5) is 0 Å². The first-order valence-corrected chi connectivity index (χ1v) is 8.11. The zero-order chi connectivity index (χ0) is 17.5. The summed E-state index contributed by atoms with van der Waals surface area (Å²) in [6.45, 7) is 1.56. The Bertz CT molecular complexity index is 750. The number of esters is 1. The van der Waals surface area contributed by atoms with Gasteiger partial charge in [0.2, 0.25) is 5.78 Å². The average Bonchev–Trinajstić information content (AvgIpc) is 2.60. The molecule has 0 heterocycles. The van der Waals surface area contributed by atoms with Gasteiger partial charge in [-0.25, -0.2) is 4.79 Å². The van der Waals surface area contributed by atoms with E-state index in [1.54, 1.807) is 50.4 Å². The lowest BCUT2D eigenvalue weighted by Crippen LogP contribution is -2.23. The van der Waals surface area contributed by atoms with Crippen molar-refractivity contribution in [1.29, 1.82) is 0 Å². The lowest BCUT2D eigenvalue weighted by Gasteiger charge is -2.10. The highest BCUT2D eigenvalue weighted by Crippen LogP contribution is 2.15. The fraction of sp³-hybridized carbons (Fsp3) is 0.158. The number of carbonyl (C=O) groups excluding carboxylic acids is 2. The smallest absolute Gasteiger partial charge is 0.331 e. The van der Waals surface area contributed by atoms with Crippen molar-refractivity contribution in [3.05, 3.63) is 70.2 Å². The zero-order valence-electron chi connectivity index (χ0n) is 13.4. The molecule has 24 heavy (non-hydrogen) atoms. The van der Waals surface area contributed by atoms with Gasteiger partial charge in [-0.05, 0) is 42.8 Å². The van der Waals surface area contributed by atoms with E-state index in [1.165, 1.54) is 6.08 Å². The van der Waals surface area contributed by atoms with Crippen molar-refractivity contribution in [2.75, 3.05) is 7.11 Å². The van der Waals surface area contributed by atoms with Gasteiger partial charge in [-0.1, -0.05) is 40.2 Å². The van der Waals surface area contributed by atoms with Gasteiger partial charge in [-0.2, -0.15) is 0 Å². The Morgan fingerprint density at radius 2 is 1.83 bits per heavy atom. The van der Waals surface area contributed by atoms with E-state index >= 15 is 0 Å². The van der Waals surface area contributed by atoms with E-state index in [0.29, 0.717) is 11.3 Å². The first-order chi connectivity index (χ1) is 11.5. The quantitative estimate of drug-likeness (QED) is 0.420. The predicted molar refractivity (Wildman–Crippen MR) is 96.1 cm³/mol. The van der Waals surface area contributed by atoms with Gasteiger partial charge in [0.25, 0.3) is 0 Å². The Labute approximate surface area is 149 Å². The molecular formula is C19H17BrO4. The number of hydrogen-bond donors (Lipinski definition) is 0. The summed E-state index contributed by atoms with van der Waals surface area (Å²) in [4.78, 5) is 24.1. The van der Waals surface area contributed by atoms with Crippen LogP contribution in [0.3, 0.4) is 0 Å². The monoisotopic (exact) mass is 388 g/mol. The first-order valence-electron chi connectivity index (χ1n) is 7.32. The fourth-order valence-corrected chi connectivity index (χ4v) is 2.29. The van der Waals surface area contributed by atoms with Crippen LogP contribution in [-0.4, -0.2) is 25.0 Å². The van der Waals surface area contributed by atoms with Crippen molar-refractivity contribution >= 4 is 33.8 Å². The summed E-state index contributed by atoms with van der Waals surface area (Å²) in [6.07, 6.45) is 2.05. The molecule has 2 aromatic rings. The highest BCUT2D eigenvalue weighted by atomic mass is 79.9. The largest absolute Gasteiger partial charge is 0.497 e. The summed E-state index contributed by atoms with van der Waals surface area (Å²) in [5.74, 6) is -0.120. The van der Waals surface area contributed by atoms with E-state index in [9.17, 15) is 9.59 Å². The van der Waals surface area contributed by atoms with E-state index in [4.69, 9.17) is 9.47 Å². The van der Waals surface area contributed by atoms with Crippen LogP contribution in [0.15, 0.2) is 59.1 Å². The third-order valence-corrected chi connectivity index (χ3v) is 3.83. The van der Waals surface area contributed by atoms with Gasteiger partial charge in [-0.3, -0.25) is 4.79 Å². The summed E-state index contributed by atoms with van der Waals surface area (Å²) < 4.78 is 11.2. The summed E-state index contributed by atoms with van der Waals surface area (Å²) in [5.41, 5.74) is 1.30. The van der Waals surface area contributed by atoms with Gasteiger partial charge in [-0.15, -0.1) is 0 Å². The van der Waals surface area contributed by atoms with Crippen molar-refractivity contribution in [2.45, 2.75) is 13.0 Å². The van der Waals surface area contributed by atoms with Crippen LogP contribution >= 0.6 is 15.9 Å². The van der Waals surface area contributed by atoms with Crippen LogP contribution in [0.25, 0.3) is 6.08 Å². The van der Waals surface area contributed by atoms with E-state index in [2.05, 4.69) is 15.9 Å². The minimum absolute atomic E-state index is 0.245. The maximum atomic E-state index is 12.2. The third-order valence-electron chi connectivity index (χ3n) is 3.30. The average molecular weight is 389 g/mol. The molecule has 0 fully saturated rings. The molecule has 0 N–H and O–H groups in total. The molecule has 0 aromatic heterocycles. The molecule has 124 valence electrons. The number of halogens is 1. The van der Waals surface area contributed by atoms with E-state index in [-0.39, 0.29) is 5.78 Å². The molecule has 2 aromatic carbocycles. The van der Waals surface area contributed by atoms with Gasteiger partial charge in [0, 0.05) is 16.1 Å². The second kappa shape index (κ2) is 8.45. The van der Waals surface area contributed by atoms with Gasteiger partial charge in [0.15, 0.2) is 6.10 Å². The maximum absolute atomic E-state index is 12.2. The normalized spacial score (nSPS) is 12.0. The SMILES string of the molecule is COc1cccc(/C=C/C(=O)O[C@@H](C)C(=O)c2ccc(Br)cc2)c1. The Morgan fingerprint density at radius 1 is 1.12 bits per heavy atom. The zero-order valence-corrected chi connectivity index (χ0v) is 14.9. The predicted octanol–water partition coefficient (Wildman–Crippen LogP) is 4.29. The van der Waals surface area contributed by atoms with Crippen molar-refractivity contribution < 1.29 is 19.1 Å². The molecule has 0 spiro atoms. The van der Waals surface area contributed by atoms with E-state index in [1.807, 2.05) is 18.2 Å². The van der Waals surface area contributed by atoms with Crippen molar-refractivity contribution in [3.8, 4) is 5.75 Å². The minimum Gasteiger partial charge on any atom is -0.497 e. The Balaban J connectivity index is 1.96.